The molecule has 1 fully saturated rings. The van der Waals surface area contributed by atoms with Crippen LogP contribution in [0, 0.1) is 13.8 Å². The van der Waals surface area contributed by atoms with Crippen LogP contribution in [0.2, 0.25) is 0 Å². The highest BCUT2D eigenvalue weighted by molar-refractivity contribution is 6.40. The van der Waals surface area contributed by atoms with Gasteiger partial charge in [0.25, 0.3) is 0 Å². The van der Waals surface area contributed by atoms with Crippen LogP contribution in [0.4, 0.5) is 5.69 Å². The quantitative estimate of drug-likeness (QED) is 0.234. The summed E-state index contributed by atoms with van der Waals surface area (Å²) in [6.07, 6.45) is -4.94. The Morgan fingerprint density at radius 2 is 1.49 bits per heavy atom. The van der Waals surface area contributed by atoms with E-state index in [2.05, 4.69) is 5.32 Å². The predicted octanol–water partition coefficient (Wildman–Crippen LogP) is 2.34. The van der Waals surface area contributed by atoms with Gasteiger partial charge in [-0.2, -0.15) is 0 Å². The van der Waals surface area contributed by atoms with E-state index in [1.54, 1.807) is 26.0 Å². The monoisotopic (exact) mass is 671 g/mol. The molecule has 13 heteroatoms. The third kappa shape index (κ3) is 5.81. The van der Waals surface area contributed by atoms with Crippen LogP contribution in [0.5, 0.6) is 17.2 Å². The molecule has 6 rings (SSSR count). The van der Waals surface area contributed by atoms with Gasteiger partial charge < -0.3 is 44.7 Å². The van der Waals surface area contributed by atoms with Gasteiger partial charge in [-0.3, -0.25) is 19.2 Å². The van der Waals surface area contributed by atoms with Crippen molar-refractivity contribution in [3.8, 4) is 17.2 Å². The molecule has 1 aliphatic heterocycles. The van der Waals surface area contributed by atoms with E-state index in [-0.39, 0.29) is 56.3 Å². The molecular formula is C36H33NO12. The smallest absolute Gasteiger partial charge is 0.229 e. The summed E-state index contributed by atoms with van der Waals surface area (Å²) in [5.74, 6) is -1.57. The molecule has 0 radical (unpaired) electrons. The second-order valence-corrected chi connectivity index (χ2v) is 11.9. The van der Waals surface area contributed by atoms with Crippen molar-refractivity contribution in [2.45, 2.75) is 44.6 Å². The first kappa shape index (κ1) is 33.7. The Hall–Kier alpha value is -5.18. The summed E-state index contributed by atoms with van der Waals surface area (Å²) >= 11 is 0. The van der Waals surface area contributed by atoms with Crippen molar-refractivity contribution >= 4 is 34.4 Å². The minimum Gasteiger partial charge on any atom is -0.496 e. The van der Waals surface area contributed by atoms with Crippen LogP contribution in [-0.2, 0) is 4.74 Å². The van der Waals surface area contributed by atoms with Gasteiger partial charge in [-0.05, 0) is 73.5 Å². The van der Waals surface area contributed by atoms with Crippen molar-refractivity contribution in [3.05, 3.63) is 99.3 Å². The highest BCUT2D eigenvalue weighted by Gasteiger charge is 2.45. The van der Waals surface area contributed by atoms with Gasteiger partial charge in [0.05, 0.1) is 37.7 Å². The third-order valence-corrected chi connectivity index (χ3v) is 8.68. The van der Waals surface area contributed by atoms with E-state index >= 15 is 0 Å². The molecule has 0 spiro atoms. The fraction of sp³-hybridized carbons (Fsp3) is 0.278. The second-order valence-electron chi connectivity index (χ2n) is 11.9. The molecule has 3 aromatic rings. The van der Waals surface area contributed by atoms with Gasteiger partial charge in [-0.1, -0.05) is 0 Å². The zero-order valence-corrected chi connectivity index (χ0v) is 26.8. The summed E-state index contributed by atoms with van der Waals surface area (Å²) in [4.78, 5) is 54.5. The number of allylic oxidation sites excluding steroid dienone is 4. The lowest BCUT2D eigenvalue weighted by Crippen LogP contribution is -2.60. The molecule has 5 atom stereocenters. The number of hydrogen-bond donors (Lipinski definition) is 5. The van der Waals surface area contributed by atoms with Crippen LogP contribution < -0.4 is 19.5 Å². The lowest BCUT2D eigenvalue weighted by atomic mass is 9.80. The Balaban J connectivity index is 1.29. The Kier molecular flexibility index (Phi) is 8.96. The summed E-state index contributed by atoms with van der Waals surface area (Å²) in [5, 5.41) is 42.6. The molecule has 0 saturated carbocycles. The van der Waals surface area contributed by atoms with Crippen molar-refractivity contribution in [3.63, 3.8) is 0 Å². The number of rotatable bonds is 8. The number of ketones is 4. The fourth-order valence-corrected chi connectivity index (χ4v) is 6.27. The lowest BCUT2D eigenvalue weighted by Gasteiger charge is -2.39. The summed E-state index contributed by atoms with van der Waals surface area (Å²) in [6.45, 7) is 2.82. The fourth-order valence-electron chi connectivity index (χ4n) is 6.27. The van der Waals surface area contributed by atoms with E-state index in [4.69, 9.17) is 18.9 Å². The van der Waals surface area contributed by atoms with E-state index in [1.807, 2.05) is 0 Å². The van der Waals surface area contributed by atoms with Crippen molar-refractivity contribution in [1.29, 1.82) is 0 Å². The first-order valence-electron chi connectivity index (χ1n) is 15.2. The van der Waals surface area contributed by atoms with Crippen molar-refractivity contribution in [2.24, 2.45) is 0 Å². The minimum atomic E-state index is -1.61. The van der Waals surface area contributed by atoms with Gasteiger partial charge in [0.2, 0.25) is 12.1 Å². The molecular weight excluding hydrogens is 638 g/mol. The largest absolute Gasteiger partial charge is 0.496 e. The third-order valence-electron chi connectivity index (χ3n) is 8.68. The minimum absolute atomic E-state index is 0.0154. The normalized spacial score (nSPS) is 23.3. The van der Waals surface area contributed by atoms with Gasteiger partial charge in [-0.25, -0.2) is 0 Å². The molecule has 5 N–H and O–H groups in total. The van der Waals surface area contributed by atoms with Gasteiger partial charge in [-0.15, -0.1) is 0 Å². The average molecular weight is 672 g/mol. The number of aryl methyl sites for hydroxylation is 2. The number of aliphatic hydroxyl groups excluding tert-OH is 4. The molecule has 1 saturated heterocycles. The summed E-state index contributed by atoms with van der Waals surface area (Å²) in [7, 11) is 2.73. The number of benzene rings is 3. The maximum absolute atomic E-state index is 14.0. The SMILES string of the molecule is COc1cc(C)cc2c1C(=O)C=C(c1c(C)cc3c(c1OC)C(=O)C(Nc1ccc(OC4O[C@H](CO)[C@H](O)[C@H](O)[C@H]4O)cc1)=CC3=O)C2=O. The number of anilines is 1. The van der Waals surface area contributed by atoms with Crippen LogP contribution in [0.1, 0.15) is 58.1 Å². The molecule has 0 amide bonds. The molecule has 13 nitrogen and oxygen atoms in total. The highest BCUT2D eigenvalue weighted by Crippen LogP contribution is 2.42. The Bertz CT molecular complexity index is 1960. The molecule has 1 unspecified atom stereocenters. The number of hydrogen-bond acceptors (Lipinski definition) is 13. The topological polar surface area (TPSA) is 198 Å². The van der Waals surface area contributed by atoms with Gasteiger partial charge in [0.1, 0.15) is 41.7 Å². The van der Waals surface area contributed by atoms with Gasteiger partial charge in [0, 0.05) is 34.0 Å². The number of carbonyl (C=O) groups excluding carboxylic acids is 4. The van der Waals surface area contributed by atoms with E-state index in [0.29, 0.717) is 16.8 Å². The van der Waals surface area contributed by atoms with Crippen LogP contribution >= 0.6 is 0 Å². The average Bonchev–Trinajstić information content (AvgIpc) is 3.08. The van der Waals surface area contributed by atoms with Crippen molar-refractivity contribution in [2.75, 3.05) is 26.1 Å². The Labute approximate surface area is 280 Å². The van der Waals surface area contributed by atoms with E-state index < -0.39 is 60.4 Å². The molecule has 2 aliphatic carbocycles. The second kappa shape index (κ2) is 13.0. The molecule has 49 heavy (non-hydrogen) atoms. The molecule has 254 valence electrons. The first-order chi connectivity index (χ1) is 23.4. The number of nitrogens with one attached hydrogen (secondary N) is 1. The van der Waals surface area contributed by atoms with Crippen molar-refractivity contribution < 1.29 is 58.6 Å². The van der Waals surface area contributed by atoms with Gasteiger partial charge in [0.15, 0.2) is 17.3 Å². The number of carbonyl (C=O) groups is 4. The molecule has 3 aromatic carbocycles. The Morgan fingerprint density at radius 3 is 2.14 bits per heavy atom. The van der Waals surface area contributed by atoms with Crippen molar-refractivity contribution in [1.82, 2.24) is 0 Å². The predicted molar refractivity (Wildman–Crippen MR) is 173 cm³/mol. The summed E-state index contributed by atoms with van der Waals surface area (Å²) in [6, 6.07) is 10.8. The number of fused-ring (bicyclic) bond motifs is 2. The standard InChI is InChI=1S/C36H33NO12/c1-15-9-20-28(25(10-15)46-3)24(40)12-21(30(20)41)27-16(2)11-19-23(39)13-22(31(42)29(19)35(27)47-4)37-17-5-7-18(8-6-17)48-36-34(45)33(44)32(43)26(14-38)49-36/h5-13,26,32-34,36-38,43-45H,14H2,1-4H3/t26-,32+,33+,34-,36?/m1/s1. The zero-order valence-electron chi connectivity index (χ0n) is 26.8. The molecule has 1 heterocycles. The maximum atomic E-state index is 14.0. The van der Waals surface area contributed by atoms with E-state index in [0.717, 1.165) is 6.08 Å². The van der Waals surface area contributed by atoms with E-state index in [9.17, 15) is 39.6 Å². The summed E-state index contributed by atoms with van der Waals surface area (Å²) < 4.78 is 22.1. The van der Waals surface area contributed by atoms with Gasteiger partial charge >= 0.3 is 0 Å². The number of methoxy groups -OCH3 is 2. The zero-order chi connectivity index (χ0) is 35.3. The Morgan fingerprint density at radius 1 is 0.776 bits per heavy atom. The van der Waals surface area contributed by atoms with Crippen LogP contribution in [0.3, 0.4) is 0 Å². The molecule has 0 aromatic heterocycles. The molecule has 0 bridgehead atoms. The maximum Gasteiger partial charge on any atom is 0.229 e. The molecule has 3 aliphatic rings. The van der Waals surface area contributed by atoms with Crippen LogP contribution in [0.25, 0.3) is 5.57 Å². The highest BCUT2D eigenvalue weighted by atomic mass is 16.7. The summed E-state index contributed by atoms with van der Waals surface area (Å²) in [5.41, 5.74) is 1.97. The van der Waals surface area contributed by atoms with Crippen LogP contribution in [0.15, 0.2) is 60.3 Å². The lowest BCUT2D eigenvalue weighted by molar-refractivity contribution is -0.277. The number of Topliss-reactive ketones (excluding diaryl/α,β-unsaturated/α-hetero) is 2. The van der Waals surface area contributed by atoms with E-state index in [1.165, 1.54) is 50.6 Å². The first-order valence-corrected chi connectivity index (χ1v) is 15.2. The van der Waals surface area contributed by atoms with Crippen LogP contribution in [-0.4, -0.2) is 95.1 Å². The number of aliphatic hydroxyl groups is 4. The number of ether oxygens (including phenoxy) is 4.